The van der Waals surface area contributed by atoms with Gasteiger partial charge in [-0.25, -0.2) is 0 Å². The van der Waals surface area contributed by atoms with Crippen molar-refractivity contribution in [2.45, 2.75) is 19.9 Å². The first-order valence-electron chi connectivity index (χ1n) is 4.09. The Kier molecular flexibility index (Phi) is 5.88. The second-order valence-corrected chi connectivity index (χ2v) is 2.77. The normalized spacial score (nSPS) is 13.4. The zero-order valence-corrected chi connectivity index (χ0v) is 7.66. The minimum atomic E-state index is -0.218. The molecule has 0 aromatic carbocycles. The van der Waals surface area contributed by atoms with Crippen LogP contribution < -0.4 is 0 Å². The molecule has 12 heavy (non-hydrogen) atoms. The van der Waals surface area contributed by atoms with Crippen molar-refractivity contribution >= 4 is 5.78 Å². The summed E-state index contributed by atoms with van der Waals surface area (Å²) in [6.45, 7) is 4.16. The lowest BCUT2D eigenvalue weighted by molar-refractivity contribution is -0.121. The smallest absolute Gasteiger partial charge is 0.146 e. The number of hydrogen-bond acceptors (Lipinski definition) is 4. The molecular formula is C8H17NO3. The Morgan fingerprint density at radius 1 is 1.33 bits per heavy atom. The van der Waals surface area contributed by atoms with Gasteiger partial charge in [0, 0.05) is 13.1 Å². The van der Waals surface area contributed by atoms with Crippen LogP contribution in [0, 0.1) is 0 Å². The van der Waals surface area contributed by atoms with Gasteiger partial charge in [-0.3, -0.25) is 9.69 Å². The summed E-state index contributed by atoms with van der Waals surface area (Å²) in [4.78, 5) is 12.7. The average molecular weight is 175 g/mol. The maximum atomic E-state index is 10.9. The molecular weight excluding hydrogens is 158 g/mol. The van der Waals surface area contributed by atoms with Crippen LogP contribution >= 0.6 is 0 Å². The molecule has 0 radical (unpaired) electrons. The molecule has 4 nitrogen and oxygen atoms in total. The van der Waals surface area contributed by atoms with Crippen molar-refractivity contribution in [3.63, 3.8) is 0 Å². The van der Waals surface area contributed by atoms with Gasteiger partial charge in [0.1, 0.15) is 5.78 Å². The van der Waals surface area contributed by atoms with Crippen molar-refractivity contribution in [1.29, 1.82) is 0 Å². The van der Waals surface area contributed by atoms with Crippen molar-refractivity contribution in [1.82, 2.24) is 4.90 Å². The van der Waals surface area contributed by atoms with Crippen molar-refractivity contribution in [2.75, 3.05) is 26.3 Å². The molecule has 0 heterocycles. The maximum absolute atomic E-state index is 10.9. The van der Waals surface area contributed by atoms with Crippen LogP contribution in [0.5, 0.6) is 0 Å². The predicted molar refractivity (Wildman–Crippen MR) is 45.9 cm³/mol. The summed E-state index contributed by atoms with van der Waals surface area (Å²) in [7, 11) is 0. The lowest BCUT2D eigenvalue weighted by atomic mass is 10.2. The lowest BCUT2D eigenvalue weighted by Gasteiger charge is -2.25. The van der Waals surface area contributed by atoms with E-state index in [4.69, 9.17) is 10.2 Å². The largest absolute Gasteiger partial charge is 0.395 e. The number of carbonyl (C=O) groups is 1. The van der Waals surface area contributed by atoms with Crippen LogP contribution in [0.2, 0.25) is 0 Å². The Morgan fingerprint density at radius 2 is 1.75 bits per heavy atom. The van der Waals surface area contributed by atoms with Crippen LogP contribution in [0.4, 0.5) is 0 Å². The van der Waals surface area contributed by atoms with Crippen LogP contribution in [0.1, 0.15) is 13.8 Å². The van der Waals surface area contributed by atoms with Gasteiger partial charge in [0.15, 0.2) is 0 Å². The molecule has 2 N–H and O–H groups in total. The van der Waals surface area contributed by atoms with Gasteiger partial charge < -0.3 is 10.2 Å². The van der Waals surface area contributed by atoms with E-state index in [2.05, 4.69) is 0 Å². The van der Waals surface area contributed by atoms with E-state index >= 15 is 0 Å². The van der Waals surface area contributed by atoms with E-state index in [9.17, 15) is 4.79 Å². The Labute approximate surface area is 72.8 Å². The Bertz CT molecular complexity index is 132. The van der Waals surface area contributed by atoms with E-state index in [-0.39, 0.29) is 25.0 Å². The highest BCUT2D eigenvalue weighted by atomic mass is 16.3. The van der Waals surface area contributed by atoms with Crippen molar-refractivity contribution in [2.24, 2.45) is 0 Å². The fourth-order valence-corrected chi connectivity index (χ4v) is 1.01. The number of aliphatic hydroxyl groups is 2. The molecule has 0 bridgehead atoms. The highest BCUT2D eigenvalue weighted by Crippen LogP contribution is 1.98. The van der Waals surface area contributed by atoms with Gasteiger partial charge in [0.2, 0.25) is 0 Å². The SMILES string of the molecule is CC(=O)C(C)N(CCO)CCO. The molecule has 0 saturated heterocycles. The minimum Gasteiger partial charge on any atom is -0.395 e. The fraction of sp³-hybridized carbons (Fsp3) is 0.875. The number of rotatable bonds is 6. The summed E-state index contributed by atoms with van der Waals surface area (Å²) in [5.74, 6) is 0.0527. The molecule has 0 amide bonds. The van der Waals surface area contributed by atoms with E-state index in [1.54, 1.807) is 11.8 Å². The van der Waals surface area contributed by atoms with E-state index in [0.717, 1.165) is 0 Å². The molecule has 0 aliphatic rings. The summed E-state index contributed by atoms with van der Waals surface area (Å²) in [5.41, 5.74) is 0. The van der Waals surface area contributed by atoms with Gasteiger partial charge >= 0.3 is 0 Å². The van der Waals surface area contributed by atoms with Crippen LogP contribution in [0.15, 0.2) is 0 Å². The molecule has 0 saturated carbocycles. The molecule has 0 rings (SSSR count). The van der Waals surface area contributed by atoms with Crippen LogP contribution in [-0.4, -0.2) is 53.2 Å². The third kappa shape index (κ3) is 3.80. The quantitative estimate of drug-likeness (QED) is 0.557. The summed E-state index contributed by atoms with van der Waals surface area (Å²) in [6.07, 6.45) is 0. The van der Waals surface area contributed by atoms with Gasteiger partial charge in [-0.1, -0.05) is 0 Å². The second-order valence-electron chi connectivity index (χ2n) is 2.77. The first kappa shape index (κ1) is 11.6. The van der Waals surface area contributed by atoms with Crippen molar-refractivity contribution in [3.05, 3.63) is 0 Å². The summed E-state index contributed by atoms with van der Waals surface area (Å²) >= 11 is 0. The molecule has 0 spiro atoms. The first-order valence-corrected chi connectivity index (χ1v) is 4.09. The number of ketones is 1. The Morgan fingerprint density at radius 3 is 2.00 bits per heavy atom. The summed E-state index contributed by atoms with van der Waals surface area (Å²) < 4.78 is 0. The molecule has 4 heteroatoms. The number of aliphatic hydroxyl groups excluding tert-OH is 2. The summed E-state index contributed by atoms with van der Waals surface area (Å²) in [5, 5.41) is 17.3. The lowest BCUT2D eigenvalue weighted by Crippen LogP contribution is -2.41. The fourth-order valence-electron chi connectivity index (χ4n) is 1.01. The highest BCUT2D eigenvalue weighted by molar-refractivity contribution is 5.80. The minimum absolute atomic E-state index is 0.0115. The van der Waals surface area contributed by atoms with Crippen molar-refractivity contribution in [3.8, 4) is 0 Å². The van der Waals surface area contributed by atoms with Gasteiger partial charge in [0.25, 0.3) is 0 Å². The average Bonchev–Trinajstić information content (AvgIpc) is 2.03. The Hall–Kier alpha value is -0.450. The zero-order valence-electron chi connectivity index (χ0n) is 7.66. The van der Waals surface area contributed by atoms with E-state index in [0.29, 0.717) is 13.1 Å². The number of carbonyl (C=O) groups excluding carboxylic acids is 1. The van der Waals surface area contributed by atoms with Crippen LogP contribution in [0.25, 0.3) is 0 Å². The summed E-state index contributed by atoms with van der Waals surface area (Å²) in [6, 6.07) is -0.218. The standard InChI is InChI=1S/C8H17NO3/c1-7(8(2)12)9(3-5-10)4-6-11/h7,10-11H,3-6H2,1-2H3. The van der Waals surface area contributed by atoms with Gasteiger partial charge in [-0.2, -0.15) is 0 Å². The van der Waals surface area contributed by atoms with Gasteiger partial charge in [-0.15, -0.1) is 0 Å². The molecule has 0 aliphatic heterocycles. The number of nitrogens with zero attached hydrogens (tertiary/aromatic N) is 1. The second kappa shape index (κ2) is 6.11. The molecule has 1 unspecified atom stereocenters. The monoisotopic (exact) mass is 175 g/mol. The first-order chi connectivity index (χ1) is 5.63. The highest BCUT2D eigenvalue weighted by Gasteiger charge is 2.16. The molecule has 0 aromatic rings. The predicted octanol–water partition coefficient (Wildman–Crippen LogP) is -0.750. The van der Waals surface area contributed by atoms with Gasteiger partial charge in [-0.05, 0) is 13.8 Å². The molecule has 1 atom stereocenters. The van der Waals surface area contributed by atoms with Crippen LogP contribution in [0.3, 0.4) is 0 Å². The van der Waals surface area contributed by atoms with E-state index < -0.39 is 0 Å². The maximum Gasteiger partial charge on any atom is 0.146 e. The molecule has 72 valence electrons. The van der Waals surface area contributed by atoms with Crippen molar-refractivity contribution < 1.29 is 15.0 Å². The third-order valence-electron chi connectivity index (χ3n) is 1.91. The third-order valence-corrected chi connectivity index (χ3v) is 1.91. The topological polar surface area (TPSA) is 60.8 Å². The van der Waals surface area contributed by atoms with Gasteiger partial charge in [0.05, 0.1) is 19.3 Å². The number of hydrogen-bond donors (Lipinski definition) is 2. The zero-order chi connectivity index (χ0) is 9.56. The molecule has 0 fully saturated rings. The Balaban J connectivity index is 3.98. The van der Waals surface area contributed by atoms with Crippen LogP contribution in [-0.2, 0) is 4.79 Å². The van der Waals surface area contributed by atoms with E-state index in [1.807, 2.05) is 0 Å². The molecule has 0 aliphatic carbocycles. The number of Topliss-reactive ketones (excluding diaryl/α,β-unsaturated/α-hetero) is 1. The van der Waals surface area contributed by atoms with E-state index in [1.165, 1.54) is 6.92 Å². The molecule has 0 aromatic heterocycles.